The first-order valence-electron chi connectivity index (χ1n) is 10.6. The largest absolute Gasteiger partial charge is 0.376 e. The van der Waals surface area contributed by atoms with Crippen LogP contribution in [0.5, 0.6) is 0 Å². The number of hydrogen-bond donors (Lipinski definition) is 1. The third-order valence-electron chi connectivity index (χ3n) is 5.90. The molecule has 1 aliphatic carbocycles. The number of nitrogens with zero attached hydrogens (tertiary/aromatic N) is 4. The van der Waals surface area contributed by atoms with Crippen molar-refractivity contribution >= 4 is 45.0 Å². The standard InChI is InChI=1S/C20H25N5O3S2/c26-16(21-13-5-2-1-3-6-13)12-30-20-23-22-19-24(11-14-7-4-9-28-14)18(27)17-15(25(19)20)8-10-29-17/h8,10,13-14H,1-7,9,11-12H2,(H,21,26). The van der Waals surface area contributed by atoms with E-state index in [1.165, 1.54) is 42.4 Å². The normalized spacial score (nSPS) is 20.3. The first-order valence-corrected chi connectivity index (χ1v) is 12.5. The zero-order valence-corrected chi connectivity index (χ0v) is 18.3. The monoisotopic (exact) mass is 447 g/mol. The molecule has 8 nitrogen and oxygen atoms in total. The number of amides is 1. The third kappa shape index (κ3) is 3.88. The Morgan fingerprint density at radius 1 is 1.23 bits per heavy atom. The van der Waals surface area contributed by atoms with E-state index in [9.17, 15) is 9.59 Å². The summed E-state index contributed by atoms with van der Waals surface area (Å²) in [5.41, 5.74) is 0.741. The van der Waals surface area contributed by atoms with Crippen molar-refractivity contribution in [1.82, 2.24) is 24.5 Å². The van der Waals surface area contributed by atoms with Gasteiger partial charge >= 0.3 is 0 Å². The van der Waals surface area contributed by atoms with E-state index in [2.05, 4.69) is 15.5 Å². The highest BCUT2D eigenvalue weighted by Gasteiger charge is 2.23. The van der Waals surface area contributed by atoms with Crippen LogP contribution >= 0.6 is 23.1 Å². The van der Waals surface area contributed by atoms with E-state index in [-0.39, 0.29) is 23.3 Å². The fraction of sp³-hybridized carbons (Fsp3) is 0.600. The van der Waals surface area contributed by atoms with Gasteiger partial charge in [0.1, 0.15) is 4.70 Å². The number of rotatable bonds is 6. The number of thiophene rings is 1. The van der Waals surface area contributed by atoms with E-state index in [4.69, 9.17) is 4.74 Å². The Balaban J connectivity index is 1.41. The Morgan fingerprint density at radius 2 is 2.10 bits per heavy atom. The summed E-state index contributed by atoms with van der Waals surface area (Å²) in [6.45, 7) is 1.21. The van der Waals surface area contributed by atoms with Crippen LogP contribution < -0.4 is 10.9 Å². The van der Waals surface area contributed by atoms with Crippen molar-refractivity contribution in [1.29, 1.82) is 0 Å². The van der Waals surface area contributed by atoms with Gasteiger partial charge in [-0.25, -0.2) is 0 Å². The van der Waals surface area contributed by atoms with Crippen LogP contribution in [0.25, 0.3) is 16.0 Å². The molecule has 0 radical (unpaired) electrons. The van der Waals surface area contributed by atoms with Crippen LogP contribution in [0.4, 0.5) is 0 Å². The number of nitrogens with one attached hydrogen (secondary N) is 1. The lowest BCUT2D eigenvalue weighted by molar-refractivity contribution is -0.119. The van der Waals surface area contributed by atoms with Crippen LogP contribution in [0, 0.1) is 0 Å². The van der Waals surface area contributed by atoms with Gasteiger partial charge in [0.15, 0.2) is 5.16 Å². The van der Waals surface area contributed by atoms with E-state index in [1.54, 1.807) is 4.57 Å². The van der Waals surface area contributed by atoms with E-state index < -0.39 is 0 Å². The predicted molar refractivity (Wildman–Crippen MR) is 117 cm³/mol. The van der Waals surface area contributed by atoms with Crippen LogP contribution in [0.3, 0.4) is 0 Å². The molecule has 1 N–H and O–H groups in total. The number of thioether (sulfide) groups is 1. The highest BCUT2D eigenvalue weighted by atomic mass is 32.2. The smallest absolute Gasteiger partial charge is 0.272 e. The fourth-order valence-electron chi connectivity index (χ4n) is 4.40. The number of aromatic nitrogens is 4. The van der Waals surface area contributed by atoms with Gasteiger partial charge in [0, 0.05) is 12.6 Å². The molecule has 10 heteroatoms. The Morgan fingerprint density at radius 3 is 2.90 bits per heavy atom. The van der Waals surface area contributed by atoms with Gasteiger partial charge in [-0.15, -0.1) is 21.5 Å². The SMILES string of the molecule is O=C(CSc1nnc2n(CC3CCCO3)c(=O)c3sccc3n12)NC1CCCCC1. The summed E-state index contributed by atoms with van der Waals surface area (Å²) in [5.74, 6) is 0.822. The van der Waals surface area contributed by atoms with Gasteiger partial charge in [0.25, 0.3) is 5.56 Å². The molecule has 160 valence electrons. The third-order valence-corrected chi connectivity index (χ3v) is 7.72. The Kier molecular flexibility index (Phi) is 5.79. The molecular formula is C20H25N5O3S2. The van der Waals surface area contributed by atoms with Crippen LogP contribution in [0.2, 0.25) is 0 Å². The lowest BCUT2D eigenvalue weighted by Gasteiger charge is -2.22. The molecule has 0 bridgehead atoms. The van der Waals surface area contributed by atoms with Crippen LogP contribution in [-0.4, -0.2) is 49.6 Å². The van der Waals surface area contributed by atoms with Gasteiger partial charge in [-0.2, -0.15) is 0 Å². The summed E-state index contributed by atoms with van der Waals surface area (Å²) in [5, 5.41) is 14.3. The van der Waals surface area contributed by atoms with Crippen molar-refractivity contribution in [2.24, 2.45) is 0 Å². The van der Waals surface area contributed by atoms with E-state index >= 15 is 0 Å². The Hall–Kier alpha value is -1.91. The molecule has 2 aliphatic rings. The number of ether oxygens (including phenoxy) is 1. The molecule has 1 saturated carbocycles. The zero-order chi connectivity index (χ0) is 20.5. The number of carbonyl (C=O) groups is 1. The topological polar surface area (TPSA) is 90.5 Å². The van der Waals surface area contributed by atoms with Crippen molar-refractivity contribution in [3.8, 4) is 0 Å². The summed E-state index contributed by atoms with van der Waals surface area (Å²) in [6, 6.07) is 2.21. The van der Waals surface area contributed by atoms with Gasteiger partial charge in [-0.3, -0.25) is 18.6 Å². The summed E-state index contributed by atoms with van der Waals surface area (Å²) in [6.07, 6.45) is 7.75. The fourth-order valence-corrected chi connectivity index (χ4v) is 5.97. The van der Waals surface area contributed by atoms with E-state index in [0.29, 0.717) is 28.2 Å². The average molecular weight is 448 g/mol. The average Bonchev–Trinajstić information content (AvgIpc) is 3.50. The molecule has 3 aromatic rings. The van der Waals surface area contributed by atoms with Gasteiger partial charge in [0.05, 0.1) is 23.9 Å². The van der Waals surface area contributed by atoms with Crippen molar-refractivity contribution < 1.29 is 9.53 Å². The van der Waals surface area contributed by atoms with Gasteiger partial charge in [-0.05, 0) is 37.1 Å². The number of fused-ring (bicyclic) bond motifs is 3. The Labute approximate surface area is 182 Å². The highest BCUT2D eigenvalue weighted by Crippen LogP contribution is 2.25. The summed E-state index contributed by atoms with van der Waals surface area (Å²) >= 11 is 2.79. The lowest BCUT2D eigenvalue weighted by atomic mass is 9.95. The van der Waals surface area contributed by atoms with Crippen LogP contribution in [0.15, 0.2) is 21.4 Å². The minimum Gasteiger partial charge on any atom is -0.376 e. The minimum atomic E-state index is -0.0537. The van der Waals surface area contributed by atoms with Crippen molar-refractivity contribution in [2.45, 2.75) is 68.8 Å². The van der Waals surface area contributed by atoms with Gasteiger partial charge < -0.3 is 10.1 Å². The molecule has 0 spiro atoms. The van der Waals surface area contributed by atoms with Crippen molar-refractivity contribution in [2.75, 3.05) is 12.4 Å². The predicted octanol–water partition coefficient (Wildman–Crippen LogP) is 2.83. The zero-order valence-electron chi connectivity index (χ0n) is 16.7. The molecular weight excluding hydrogens is 422 g/mol. The molecule has 4 heterocycles. The summed E-state index contributed by atoms with van der Waals surface area (Å²) in [4.78, 5) is 25.5. The molecule has 5 rings (SSSR count). The lowest BCUT2D eigenvalue weighted by Crippen LogP contribution is -2.37. The molecule has 0 aromatic carbocycles. The maximum atomic E-state index is 13.1. The molecule has 1 saturated heterocycles. The minimum absolute atomic E-state index is 0.0258. The first-order chi connectivity index (χ1) is 14.7. The second kappa shape index (κ2) is 8.68. The highest BCUT2D eigenvalue weighted by molar-refractivity contribution is 7.99. The molecule has 30 heavy (non-hydrogen) atoms. The molecule has 1 amide bonds. The quantitative estimate of drug-likeness (QED) is 0.585. The number of hydrogen-bond acceptors (Lipinski definition) is 7. The first kappa shape index (κ1) is 20.0. The summed E-state index contributed by atoms with van der Waals surface area (Å²) < 4.78 is 9.99. The van der Waals surface area contributed by atoms with Gasteiger partial charge in [0.2, 0.25) is 11.7 Å². The van der Waals surface area contributed by atoms with E-state index in [1.807, 2.05) is 15.8 Å². The van der Waals surface area contributed by atoms with Crippen molar-refractivity contribution in [3.05, 3.63) is 21.8 Å². The van der Waals surface area contributed by atoms with E-state index in [0.717, 1.165) is 37.8 Å². The van der Waals surface area contributed by atoms with Crippen molar-refractivity contribution in [3.63, 3.8) is 0 Å². The molecule has 1 atom stereocenters. The molecule has 2 fully saturated rings. The summed E-state index contributed by atoms with van der Waals surface area (Å²) in [7, 11) is 0. The maximum Gasteiger partial charge on any atom is 0.272 e. The maximum absolute atomic E-state index is 13.1. The molecule has 1 unspecified atom stereocenters. The second-order valence-electron chi connectivity index (χ2n) is 7.99. The van der Waals surface area contributed by atoms with Crippen LogP contribution in [-0.2, 0) is 16.1 Å². The van der Waals surface area contributed by atoms with Crippen LogP contribution in [0.1, 0.15) is 44.9 Å². The molecule has 3 aromatic heterocycles. The van der Waals surface area contributed by atoms with Gasteiger partial charge in [-0.1, -0.05) is 31.0 Å². The molecule has 1 aliphatic heterocycles. The Bertz CT molecular complexity index is 1110. The number of carbonyl (C=O) groups excluding carboxylic acids is 1. The second-order valence-corrected chi connectivity index (χ2v) is 9.85.